The highest BCUT2D eigenvalue weighted by Crippen LogP contribution is 2.26. The highest BCUT2D eigenvalue weighted by molar-refractivity contribution is 6.31. The van der Waals surface area contributed by atoms with Gasteiger partial charge >= 0.3 is 0 Å². The summed E-state index contributed by atoms with van der Waals surface area (Å²) in [6, 6.07) is 10.00. The molecule has 1 aliphatic rings. The first kappa shape index (κ1) is 16.3. The van der Waals surface area contributed by atoms with Gasteiger partial charge < -0.3 is 15.7 Å². The van der Waals surface area contributed by atoms with Gasteiger partial charge in [-0.05, 0) is 54.3 Å². The number of carbonyl (C=O) groups excluding carboxylic acids is 2. The fourth-order valence-electron chi connectivity index (χ4n) is 2.71. The van der Waals surface area contributed by atoms with Crippen molar-refractivity contribution in [2.24, 2.45) is 0 Å². The van der Waals surface area contributed by atoms with Crippen molar-refractivity contribution in [2.45, 2.75) is 25.7 Å². The molecule has 0 atom stereocenters. The number of aryl methyl sites for hydroxylation is 1. The zero-order valence-corrected chi connectivity index (χ0v) is 13.7. The molecule has 0 saturated heterocycles. The molecule has 0 unspecified atom stereocenters. The highest BCUT2D eigenvalue weighted by atomic mass is 35.5. The van der Waals surface area contributed by atoms with Crippen LogP contribution in [0.5, 0.6) is 5.75 Å². The molecule has 2 aromatic rings. The Morgan fingerprint density at radius 2 is 2.04 bits per heavy atom. The molecule has 0 radical (unpaired) electrons. The molecule has 124 valence electrons. The minimum Gasteiger partial charge on any atom is -0.508 e. The van der Waals surface area contributed by atoms with E-state index in [9.17, 15) is 14.7 Å². The maximum absolute atomic E-state index is 12.2. The molecule has 0 fully saturated rings. The molecule has 5 nitrogen and oxygen atoms in total. The third kappa shape index (κ3) is 3.86. The number of benzene rings is 2. The van der Waals surface area contributed by atoms with Crippen LogP contribution in [0.15, 0.2) is 36.4 Å². The van der Waals surface area contributed by atoms with Crippen LogP contribution < -0.4 is 10.6 Å². The number of hydrogen-bond acceptors (Lipinski definition) is 3. The predicted octanol–water partition coefficient (Wildman–Crippen LogP) is 3.50. The molecule has 1 aliphatic heterocycles. The van der Waals surface area contributed by atoms with Crippen molar-refractivity contribution in [1.29, 1.82) is 0 Å². The van der Waals surface area contributed by atoms with Crippen LogP contribution in [0.25, 0.3) is 0 Å². The largest absolute Gasteiger partial charge is 0.508 e. The van der Waals surface area contributed by atoms with Gasteiger partial charge in [-0.3, -0.25) is 9.59 Å². The molecule has 24 heavy (non-hydrogen) atoms. The van der Waals surface area contributed by atoms with Crippen LogP contribution in [0.2, 0.25) is 5.02 Å². The molecule has 0 bridgehead atoms. The molecule has 2 aromatic carbocycles. The number of fused-ring (bicyclic) bond motifs is 1. The predicted molar refractivity (Wildman–Crippen MR) is 93.5 cm³/mol. The van der Waals surface area contributed by atoms with E-state index in [-0.39, 0.29) is 24.0 Å². The highest BCUT2D eigenvalue weighted by Gasteiger charge is 2.14. The van der Waals surface area contributed by atoms with Gasteiger partial charge in [-0.25, -0.2) is 0 Å². The monoisotopic (exact) mass is 344 g/mol. The van der Waals surface area contributed by atoms with Crippen LogP contribution in [0.1, 0.15) is 24.0 Å². The molecule has 2 amide bonds. The standard InChI is InChI=1S/C18H17ClN2O3/c19-15-10-14(22)6-4-11(15)9-18(24)20-13-5-7-16-12(8-13)2-1-3-17(23)21-16/h4-8,10,22H,1-3,9H2,(H,20,24)(H,21,23). The quantitative estimate of drug-likeness (QED) is 0.797. The Kier molecular flexibility index (Phi) is 4.71. The van der Waals surface area contributed by atoms with E-state index in [1.54, 1.807) is 12.1 Å². The lowest BCUT2D eigenvalue weighted by Crippen LogP contribution is -2.15. The average molecular weight is 345 g/mol. The maximum Gasteiger partial charge on any atom is 0.228 e. The Morgan fingerprint density at radius 3 is 2.83 bits per heavy atom. The van der Waals surface area contributed by atoms with Gasteiger partial charge in [0.15, 0.2) is 0 Å². The van der Waals surface area contributed by atoms with E-state index < -0.39 is 0 Å². The molecule has 1 heterocycles. The Hall–Kier alpha value is -2.53. The summed E-state index contributed by atoms with van der Waals surface area (Å²) in [7, 11) is 0. The van der Waals surface area contributed by atoms with Gasteiger partial charge in [-0.15, -0.1) is 0 Å². The Balaban J connectivity index is 1.70. The molecular weight excluding hydrogens is 328 g/mol. The van der Waals surface area contributed by atoms with Gasteiger partial charge in [0.05, 0.1) is 6.42 Å². The second-order valence-electron chi connectivity index (χ2n) is 5.77. The molecule has 0 spiro atoms. The van der Waals surface area contributed by atoms with Gasteiger partial charge in [0.25, 0.3) is 0 Å². The summed E-state index contributed by atoms with van der Waals surface area (Å²) >= 11 is 6.02. The Morgan fingerprint density at radius 1 is 1.21 bits per heavy atom. The summed E-state index contributed by atoms with van der Waals surface area (Å²) in [5, 5.41) is 15.4. The average Bonchev–Trinajstić information content (AvgIpc) is 2.70. The summed E-state index contributed by atoms with van der Waals surface area (Å²) in [5.41, 5.74) is 3.15. The normalized spacial score (nSPS) is 13.6. The third-order valence-electron chi connectivity index (χ3n) is 3.90. The summed E-state index contributed by atoms with van der Waals surface area (Å²) in [6.07, 6.45) is 2.21. The molecule has 6 heteroatoms. The smallest absolute Gasteiger partial charge is 0.228 e. The number of rotatable bonds is 3. The minimum absolute atomic E-state index is 0.0208. The zero-order valence-electron chi connectivity index (χ0n) is 12.9. The van der Waals surface area contributed by atoms with Crippen molar-refractivity contribution in [1.82, 2.24) is 0 Å². The van der Waals surface area contributed by atoms with E-state index in [2.05, 4.69) is 10.6 Å². The first-order chi connectivity index (χ1) is 11.5. The number of phenolic OH excluding ortho intramolecular Hbond substituents is 1. The fourth-order valence-corrected chi connectivity index (χ4v) is 2.95. The van der Waals surface area contributed by atoms with Gasteiger partial charge in [0.1, 0.15) is 5.75 Å². The van der Waals surface area contributed by atoms with Crippen molar-refractivity contribution in [2.75, 3.05) is 10.6 Å². The van der Waals surface area contributed by atoms with E-state index in [0.717, 1.165) is 24.1 Å². The number of amides is 2. The van der Waals surface area contributed by atoms with Crippen molar-refractivity contribution in [3.05, 3.63) is 52.5 Å². The van der Waals surface area contributed by atoms with Gasteiger partial charge in [0, 0.05) is 22.8 Å². The van der Waals surface area contributed by atoms with Crippen molar-refractivity contribution < 1.29 is 14.7 Å². The van der Waals surface area contributed by atoms with E-state index >= 15 is 0 Å². The van der Waals surface area contributed by atoms with Crippen molar-refractivity contribution >= 4 is 34.8 Å². The Labute approximate surface area is 144 Å². The number of anilines is 2. The molecule has 0 aromatic heterocycles. The Bertz CT molecular complexity index is 805. The minimum atomic E-state index is -0.194. The number of nitrogens with one attached hydrogen (secondary N) is 2. The summed E-state index contributed by atoms with van der Waals surface area (Å²) in [6.45, 7) is 0. The van der Waals surface area contributed by atoms with Crippen LogP contribution in [-0.4, -0.2) is 16.9 Å². The molecule has 3 rings (SSSR count). The SMILES string of the molecule is O=C(Cc1ccc(O)cc1Cl)Nc1ccc2c(c1)CCCC(=O)N2. The number of phenols is 1. The van der Waals surface area contributed by atoms with Crippen molar-refractivity contribution in [3.8, 4) is 5.75 Å². The van der Waals surface area contributed by atoms with E-state index in [4.69, 9.17) is 11.6 Å². The van der Waals surface area contributed by atoms with Gasteiger partial charge in [-0.2, -0.15) is 0 Å². The number of aromatic hydroxyl groups is 1. The summed E-state index contributed by atoms with van der Waals surface area (Å²) < 4.78 is 0. The fraction of sp³-hybridized carbons (Fsp3) is 0.222. The molecule has 0 saturated carbocycles. The second kappa shape index (κ2) is 6.93. The topological polar surface area (TPSA) is 78.4 Å². The summed E-state index contributed by atoms with van der Waals surface area (Å²) in [5.74, 6) is -0.107. The van der Waals surface area contributed by atoms with Crippen LogP contribution in [0.4, 0.5) is 11.4 Å². The second-order valence-corrected chi connectivity index (χ2v) is 6.18. The lowest BCUT2D eigenvalue weighted by Gasteiger charge is -2.11. The van der Waals surface area contributed by atoms with Crippen LogP contribution in [-0.2, 0) is 22.4 Å². The maximum atomic E-state index is 12.2. The van der Waals surface area contributed by atoms with Gasteiger partial charge in [0.2, 0.25) is 11.8 Å². The zero-order chi connectivity index (χ0) is 17.1. The molecule has 0 aliphatic carbocycles. The molecular formula is C18H17ClN2O3. The summed E-state index contributed by atoms with van der Waals surface area (Å²) in [4.78, 5) is 23.8. The first-order valence-corrected chi connectivity index (χ1v) is 8.09. The third-order valence-corrected chi connectivity index (χ3v) is 4.25. The number of halogens is 1. The van der Waals surface area contributed by atoms with Gasteiger partial charge in [-0.1, -0.05) is 17.7 Å². The van der Waals surface area contributed by atoms with E-state index in [1.807, 2.05) is 12.1 Å². The number of hydrogen-bond donors (Lipinski definition) is 3. The first-order valence-electron chi connectivity index (χ1n) is 7.71. The van der Waals surface area contributed by atoms with E-state index in [1.165, 1.54) is 12.1 Å². The lowest BCUT2D eigenvalue weighted by molar-refractivity contribution is -0.116. The van der Waals surface area contributed by atoms with Crippen molar-refractivity contribution in [3.63, 3.8) is 0 Å². The molecule has 3 N–H and O–H groups in total. The van der Waals surface area contributed by atoms with E-state index in [0.29, 0.717) is 22.7 Å². The number of carbonyl (C=O) groups is 2. The van der Waals surface area contributed by atoms with Crippen LogP contribution in [0.3, 0.4) is 0 Å². The van der Waals surface area contributed by atoms with Crippen LogP contribution >= 0.6 is 11.6 Å². The van der Waals surface area contributed by atoms with Crippen LogP contribution in [0, 0.1) is 0 Å². The lowest BCUT2D eigenvalue weighted by atomic mass is 10.1.